The van der Waals surface area contributed by atoms with Gasteiger partial charge in [-0.05, 0) is 13.8 Å². The SMILES string of the molecule is CC(=O)OCC1OCC2OC(C)(C)OC2C1OC(C)=O. The lowest BCUT2D eigenvalue weighted by molar-refractivity contribution is -0.197. The highest BCUT2D eigenvalue weighted by Gasteiger charge is 2.52. The number of carbonyl (C=O) groups is 2. The molecule has 0 aromatic heterocycles. The third-order valence-electron chi connectivity index (χ3n) is 3.14. The lowest BCUT2D eigenvalue weighted by Gasteiger charge is -2.36. The molecule has 7 nitrogen and oxygen atoms in total. The van der Waals surface area contributed by atoms with Crippen molar-refractivity contribution in [3.63, 3.8) is 0 Å². The molecule has 114 valence electrons. The summed E-state index contributed by atoms with van der Waals surface area (Å²) in [6, 6.07) is 0. The van der Waals surface area contributed by atoms with Gasteiger partial charge in [0.05, 0.1) is 6.61 Å². The zero-order valence-electron chi connectivity index (χ0n) is 12.1. The van der Waals surface area contributed by atoms with Crippen molar-refractivity contribution in [1.82, 2.24) is 0 Å². The van der Waals surface area contributed by atoms with Gasteiger partial charge >= 0.3 is 11.9 Å². The van der Waals surface area contributed by atoms with Gasteiger partial charge in [-0.2, -0.15) is 0 Å². The Labute approximate surface area is 117 Å². The Bertz CT molecular complexity index is 392. The summed E-state index contributed by atoms with van der Waals surface area (Å²) in [6.07, 6.45) is -1.94. The van der Waals surface area contributed by atoms with Crippen LogP contribution in [0.3, 0.4) is 0 Å². The van der Waals surface area contributed by atoms with Gasteiger partial charge in [0.25, 0.3) is 0 Å². The summed E-state index contributed by atoms with van der Waals surface area (Å²) in [4.78, 5) is 22.2. The summed E-state index contributed by atoms with van der Waals surface area (Å²) in [5.41, 5.74) is 0. The molecule has 2 aliphatic rings. The van der Waals surface area contributed by atoms with Crippen molar-refractivity contribution >= 4 is 11.9 Å². The highest BCUT2D eigenvalue weighted by Crippen LogP contribution is 2.35. The van der Waals surface area contributed by atoms with E-state index in [0.29, 0.717) is 6.61 Å². The van der Waals surface area contributed by atoms with E-state index in [1.165, 1.54) is 13.8 Å². The fourth-order valence-electron chi connectivity index (χ4n) is 2.47. The predicted octanol–water partition coefficient (Wildman–Crippen LogP) is 0.400. The van der Waals surface area contributed by atoms with E-state index in [1.54, 1.807) is 13.8 Å². The zero-order valence-corrected chi connectivity index (χ0v) is 12.1. The summed E-state index contributed by atoms with van der Waals surface area (Å²) < 4.78 is 27.3. The standard InChI is InChI=1S/C13H20O7/c1-7(14)16-5-9-11(18-8(2)15)12-10(6-17-9)19-13(3,4)20-12/h9-12H,5-6H2,1-4H3. The average Bonchev–Trinajstić information content (AvgIpc) is 2.62. The molecule has 2 aliphatic heterocycles. The van der Waals surface area contributed by atoms with E-state index >= 15 is 0 Å². The molecule has 20 heavy (non-hydrogen) atoms. The molecule has 0 aromatic carbocycles. The van der Waals surface area contributed by atoms with Crippen LogP contribution in [0.2, 0.25) is 0 Å². The smallest absolute Gasteiger partial charge is 0.303 e. The number of rotatable bonds is 3. The molecule has 2 rings (SSSR count). The molecule has 0 N–H and O–H groups in total. The molecule has 4 unspecified atom stereocenters. The van der Waals surface area contributed by atoms with E-state index < -0.39 is 36.0 Å². The van der Waals surface area contributed by atoms with Crippen LogP contribution in [0, 0.1) is 0 Å². The van der Waals surface area contributed by atoms with Crippen molar-refractivity contribution in [3.8, 4) is 0 Å². The number of esters is 2. The number of hydrogen-bond donors (Lipinski definition) is 0. The second-order valence-corrected chi connectivity index (χ2v) is 5.39. The van der Waals surface area contributed by atoms with Gasteiger partial charge < -0.3 is 23.7 Å². The van der Waals surface area contributed by atoms with Crippen molar-refractivity contribution in [2.75, 3.05) is 13.2 Å². The minimum atomic E-state index is -0.757. The van der Waals surface area contributed by atoms with E-state index in [2.05, 4.69) is 0 Å². The quantitative estimate of drug-likeness (QED) is 0.695. The lowest BCUT2D eigenvalue weighted by atomic mass is 10.0. The topological polar surface area (TPSA) is 80.3 Å². The Hall–Kier alpha value is -1.18. The maximum atomic E-state index is 11.3. The van der Waals surface area contributed by atoms with E-state index in [9.17, 15) is 9.59 Å². The zero-order chi connectivity index (χ0) is 14.9. The van der Waals surface area contributed by atoms with Gasteiger partial charge in [0.2, 0.25) is 0 Å². The molecule has 0 spiro atoms. The molecule has 2 heterocycles. The molecular weight excluding hydrogens is 268 g/mol. The first kappa shape index (κ1) is 15.2. The van der Waals surface area contributed by atoms with Gasteiger partial charge in [0, 0.05) is 13.8 Å². The van der Waals surface area contributed by atoms with Crippen LogP contribution < -0.4 is 0 Å². The summed E-state index contributed by atoms with van der Waals surface area (Å²) in [7, 11) is 0. The Morgan fingerprint density at radius 3 is 2.50 bits per heavy atom. The minimum Gasteiger partial charge on any atom is -0.463 e. The Kier molecular flexibility index (Phi) is 4.31. The van der Waals surface area contributed by atoms with Gasteiger partial charge in [-0.1, -0.05) is 0 Å². The Morgan fingerprint density at radius 1 is 1.20 bits per heavy atom. The number of carbonyl (C=O) groups excluding carboxylic acids is 2. The first-order valence-corrected chi connectivity index (χ1v) is 6.56. The average molecular weight is 288 g/mol. The molecule has 0 aliphatic carbocycles. The summed E-state index contributed by atoms with van der Waals surface area (Å²) in [5, 5.41) is 0. The van der Waals surface area contributed by atoms with Gasteiger partial charge in [-0.3, -0.25) is 9.59 Å². The van der Waals surface area contributed by atoms with Gasteiger partial charge in [0.15, 0.2) is 11.9 Å². The van der Waals surface area contributed by atoms with E-state index in [4.69, 9.17) is 23.7 Å². The maximum absolute atomic E-state index is 11.3. The fraction of sp³-hybridized carbons (Fsp3) is 0.846. The fourth-order valence-corrected chi connectivity index (χ4v) is 2.47. The molecule has 7 heteroatoms. The van der Waals surface area contributed by atoms with Crippen LogP contribution in [0.25, 0.3) is 0 Å². The monoisotopic (exact) mass is 288 g/mol. The summed E-state index contributed by atoms with van der Waals surface area (Å²) >= 11 is 0. The number of fused-ring (bicyclic) bond motifs is 1. The molecular formula is C13H20O7. The van der Waals surface area contributed by atoms with Crippen molar-refractivity contribution in [2.45, 2.75) is 57.9 Å². The first-order chi connectivity index (χ1) is 9.28. The second kappa shape index (κ2) is 5.67. The molecule has 2 saturated heterocycles. The van der Waals surface area contributed by atoms with Crippen LogP contribution >= 0.6 is 0 Å². The molecule has 0 aromatic rings. The maximum Gasteiger partial charge on any atom is 0.303 e. The second-order valence-electron chi connectivity index (χ2n) is 5.39. The van der Waals surface area contributed by atoms with Gasteiger partial charge in [0.1, 0.15) is 24.9 Å². The lowest BCUT2D eigenvalue weighted by Crippen LogP contribution is -2.55. The normalized spacial score (nSPS) is 35.2. The largest absolute Gasteiger partial charge is 0.463 e. The van der Waals surface area contributed by atoms with Crippen LogP contribution in [0.4, 0.5) is 0 Å². The van der Waals surface area contributed by atoms with E-state index in [1.807, 2.05) is 0 Å². The first-order valence-electron chi connectivity index (χ1n) is 6.56. The van der Waals surface area contributed by atoms with E-state index in [0.717, 1.165) is 0 Å². The number of hydrogen-bond acceptors (Lipinski definition) is 7. The van der Waals surface area contributed by atoms with Crippen LogP contribution in [-0.2, 0) is 33.3 Å². The van der Waals surface area contributed by atoms with Crippen LogP contribution in [0.15, 0.2) is 0 Å². The molecule has 0 saturated carbocycles. The summed E-state index contributed by atoms with van der Waals surface area (Å²) in [6.45, 7) is 6.52. The van der Waals surface area contributed by atoms with Crippen molar-refractivity contribution in [2.24, 2.45) is 0 Å². The molecule has 2 fully saturated rings. The van der Waals surface area contributed by atoms with E-state index in [-0.39, 0.29) is 12.7 Å². The van der Waals surface area contributed by atoms with Gasteiger partial charge in [-0.25, -0.2) is 0 Å². The van der Waals surface area contributed by atoms with Crippen LogP contribution in [0.5, 0.6) is 0 Å². The highest BCUT2D eigenvalue weighted by atomic mass is 16.8. The molecule has 0 radical (unpaired) electrons. The highest BCUT2D eigenvalue weighted by molar-refractivity contribution is 5.66. The Balaban J connectivity index is 2.09. The van der Waals surface area contributed by atoms with Crippen molar-refractivity contribution in [1.29, 1.82) is 0 Å². The summed E-state index contributed by atoms with van der Waals surface area (Å²) in [5.74, 6) is -1.62. The molecule has 0 amide bonds. The Morgan fingerprint density at radius 2 is 1.90 bits per heavy atom. The number of ether oxygens (including phenoxy) is 5. The third-order valence-corrected chi connectivity index (χ3v) is 3.14. The van der Waals surface area contributed by atoms with Gasteiger partial charge in [-0.15, -0.1) is 0 Å². The van der Waals surface area contributed by atoms with Crippen LogP contribution in [0.1, 0.15) is 27.7 Å². The predicted molar refractivity (Wildman–Crippen MR) is 65.8 cm³/mol. The van der Waals surface area contributed by atoms with Crippen molar-refractivity contribution < 1.29 is 33.3 Å². The third kappa shape index (κ3) is 3.47. The van der Waals surface area contributed by atoms with Crippen LogP contribution in [-0.4, -0.2) is 55.4 Å². The molecule has 4 atom stereocenters. The molecule has 0 bridgehead atoms. The minimum absolute atomic E-state index is 0.0142. The van der Waals surface area contributed by atoms with Crippen molar-refractivity contribution in [3.05, 3.63) is 0 Å².